The molecule has 2 atom stereocenters. The van der Waals surface area contributed by atoms with Crippen LogP contribution in [-0.4, -0.2) is 42.6 Å². The Morgan fingerprint density at radius 1 is 1.29 bits per heavy atom. The van der Waals surface area contributed by atoms with E-state index in [4.69, 9.17) is 10.5 Å². The number of carbonyl (C=O) groups excluding carboxylic acids is 1. The second-order valence-corrected chi connectivity index (χ2v) is 5.70. The van der Waals surface area contributed by atoms with E-state index in [9.17, 15) is 4.79 Å². The largest absolute Gasteiger partial charge is 0.373 e. The number of nitrogens with one attached hydrogen (secondary N) is 1. The fourth-order valence-electron chi connectivity index (χ4n) is 2.80. The second kappa shape index (κ2) is 7.54. The molecular formula is C16H25N3O2. The molecule has 2 rings (SSSR count). The van der Waals surface area contributed by atoms with Crippen LogP contribution in [0.5, 0.6) is 0 Å². The zero-order chi connectivity index (χ0) is 15.2. The molecule has 0 unspecified atom stereocenters. The molecule has 5 nitrogen and oxygen atoms in total. The summed E-state index contributed by atoms with van der Waals surface area (Å²) < 4.78 is 5.77. The standard InChI is InChI=1S/C16H25N3O2/c1-12-9-19(10-13(2)21-12)11-15-6-4-3-5-14(15)8-18-16(20)7-17/h3-6,12-13H,7-11,17H2,1-2H3,(H,18,20)/t12-,13-/m1/s1. The molecule has 1 saturated heterocycles. The van der Waals surface area contributed by atoms with Crippen molar-refractivity contribution in [3.63, 3.8) is 0 Å². The first-order chi connectivity index (χ1) is 10.1. The predicted octanol–water partition coefficient (Wildman–Crippen LogP) is 0.871. The highest BCUT2D eigenvalue weighted by Crippen LogP contribution is 2.16. The van der Waals surface area contributed by atoms with Gasteiger partial charge in [-0.1, -0.05) is 24.3 Å². The predicted molar refractivity (Wildman–Crippen MR) is 82.6 cm³/mol. The van der Waals surface area contributed by atoms with Gasteiger partial charge < -0.3 is 15.8 Å². The van der Waals surface area contributed by atoms with Crippen molar-refractivity contribution in [2.45, 2.75) is 39.1 Å². The van der Waals surface area contributed by atoms with E-state index >= 15 is 0 Å². The zero-order valence-corrected chi connectivity index (χ0v) is 12.8. The van der Waals surface area contributed by atoms with Gasteiger partial charge in [0.15, 0.2) is 0 Å². The van der Waals surface area contributed by atoms with Gasteiger partial charge in [-0.25, -0.2) is 0 Å². The first-order valence-corrected chi connectivity index (χ1v) is 7.50. The van der Waals surface area contributed by atoms with Crippen LogP contribution in [-0.2, 0) is 22.6 Å². The van der Waals surface area contributed by atoms with E-state index in [0.29, 0.717) is 6.54 Å². The van der Waals surface area contributed by atoms with E-state index in [1.54, 1.807) is 0 Å². The number of nitrogens with two attached hydrogens (primary N) is 1. The molecule has 0 spiro atoms. The van der Waals surface area contributed by atoms with Gasteiger partial charge in [-0.3, -0.25) is 9.69 Å². The van der Waals surface area contributed by atoms with Gasteiger partial charge in [-0.05, 0) is 25.0 Å². The molecule has 1 aromatic carbocycles. The number of morpholine rings is 1. The van der Waals surface area contributed by atoms with Crippen molar-refractivity contribution in [1.82, 2.24) is 10.2 Å². The lowest BCUT2D eigenvalue weighted by Gasteiger charge is -2.35. The highest BCUT2D eigenvalue weighted by molar-refractivity contribution is 5.77. The number of amides is 1. The number of hydrogen-bond donors (Lipinski definition) is 2. The van der Waals surface area contributed by atoms with E-state index in [1.165, 1.54) is 5.56 Å². The molecule has 5 heteroatoms. The number of hydrogen-bond acceptors (Lipinski definition) is 4. The Labute approximate surface area is 126 Å². The molecule has 3 N–H and O–H groups in total. The van der Waals surface area contributed by atoms with Gasteiger partial charge in [-0.15, -0.1) is 0 Å². The molecule has 0 aliphatic carbocycles. The van der Waals surface area contributed by atoms with Crippen molar-refractivity contribution >= 4 is 5.91 Å². The molecule has 1 amide bonds. The summed E-state index contributed by atoms with van der Waals surface area (Å²) in [6, 6.07) is 8.21. The van der Waals surface area contributed by atoms with Crippen molar-refractivity contribution in [2.75, 3.05) is 19.6 Å². The van der Waals surface area contributed by atoms with Crippen LogP contribution in [0, 0.1) is 0 Å². The average molecular weight is 291 g/mol. The lowest BCUT2D eigenvalue weighted by Crippen LogP contribution is -2.45. The molecule has 0 bridgehead atoms. The topological polar surface area (TPSA) is 67.6 Å². The summed E-state index contributed by atoms with van der Waals surface area (Å²) >= 11 is 0. The van der Waals surface area contributed by atoms with Crippen LogP contribution in [0.4, 0.5) is 0 Å². The molecule has 0 radical (unpaired) electrons. The van der Waals surface area contributed by atoms with Crippen molar-refractivity contribution in [3.8, 4) is 0 Å². The van der Waals surface area contributed by atoms with E-state index in [1.807, 2.05) is 12.1 Å². The van der Waals surface area contributed by atoms with Gasteiger partial charge in [0.25, 0.3) is 0 Å². The van der Waals surface area contributed by atoms with E-state index in [0.717, 1.165) is 25.2 Å². The summed E-state index contributed by atoms with van der Waals surface area (Å²) in [6.07, 6.45) is 0.524. The Morgan fingerprint density at radius 3 is 2.52 bits per heavy atom. The van der Waals surface area contributed by atoms with Crippen LogP contribution in [0.3, 0.4) is 0 Å². The maximum Gasteiger partial charge on any atom is 0.234 e. The molecule has 116 valence electrons. The minimum Gasteiger partial charge on any atom is -0.373 e. The van der Waals surface area contributed by atoms with Crippen LogP contribution < -0.4 is 11.1 Å². The minimum atomic E-state index is -0.126. The molecule has 1 aliphatic heterocycles. The van der Waals surface area contributed by atoms with Gasteiger partial charge in [0.1, 0.15) is 0 Å². The summed E-state index contributed by atoms with van der Waals surface area (Å²) in [7, 11) is 0. The highest BCUT2D eigenvalue weighted by Gasteiger charge is 2.22. The Hall–Kier alpha value is -1.43. The van der Waals surface area contributed by atoms with Crippen LogP contribution in [0.1, 0.15) is 25.0 Å². The molecule has 0 saturated carbocycles. The van der Waals surface area contributed by atoms with Gasteiger partial charge >= 0.3 is 0 Å². The third kappa shape index (κ3) is 4.81. The summed E-state index contributed by atoms with van der Waals surface area (Å²) in [6.45, 7) is 7.53. The van der Waals surface area contributed by atoms with Crippen LogP contribution in [0.25, 0.3) is 0 Å². The average Bonchev–Trinajstić information content (AvgIpc) is 2.45. The Bertz CT molecular complexity index is 468. The number of rotatable bonds is 5. The van der Waals surface area contributed by atoms with Gasteiger partial charge in [-0.2, -0.15) is 0 Å². The van der Waals surface area contributed by atoms with E-state index in [2.05, 4.69) is 36.2 Å². The zero-order valence-electron chi connectivity index (χ0n) is 12.8. The molecule has 1 aromatic rings. The normalized spacial score (nSPS) is 23.0. The molecule has 1 fully saturated rings. The Morgan fingerprint density at radius 2 is 1.90 bits per heavy atom. The molecular weight excluding hydrogens is 266 g/mol. The van der Waals surface area contributed by atoms with Gasteiger partial charge in [0.05, 0.1) is 18.8 Å². The number of nitrogens with zero attached hydrogens (tertiary/aromatic N) is 1. The summed E-state index contributed by atoms with van der Waals surface area (Å²) in [5, 5.41) is 2.84. The van der Waals surface area contributed by atoms with Gasteiger partial charge in [0, 0.05) is 26.2 Å². The van der Waals surface area contributed by atoms with Crippen LogP contribution in [0.2, 0.25) is 0 Å². The monoisotopic (exact) mass is 291 g/mol. The third-order valence-electron chi connectivity index (χ3n) is 3.67. The van der Waals surface area contributed by atoms with Crippen molar-refractivity contribution in [1.29, 1.82) is 0 Å². The number of ether oxygens (including phenoxy) is 1. The Kier molecular flexibility index (Phi) is 5.73. The lowest BCUT2D eigenvalue weighted by atomic mass is 10.1. The summed E-state index contributed by atoms with van der Waals surface area (Å²) in [5.74, 6) is -0.126. The van der Waals surface area contributed by atoms with E-state index < -0.39 is 0 Å². The maximum absolute atomic E-state index is 11.3. The molecule has 21 heavy (non-hydrogen) atoms. The minimum absolute atomic E-state index is 0.0284. The fraction of sp³-hybridized carbons (Fsp3) is 0.562. The summed E-state index contributed by atoms with van der Waals surface area (Å²) in [4.78, 5) is 13.7. The number of benzene rings is 1. The first kappa shape index (κ1) is 15.9. The fourth-order valence-corrected chi connectivity index (χ4v) is 2.80. The highest BCUT2D eigenvalue weighted by atomic mass is 16.5. The first-order valence-electron chi connectivity index (χ1n) is 7.50. The Balaban J connectivity index is 2.00. The quantitative estimate of drug-likeness (QED) is 0.845. The van der Waals surface area contributed by atoms with E-state index in [-0.39, 0.29) is 24.7 Å². The second-order valence-electron chi connectivity index (χ2n) is 5.70. The SMILES string of the molecule is C[C@@H]1CN(Cc2ccccc2CNC(=O)CN)C[C@@H](C)O1. The van der Waals surface area contributed by atoms with Crippen LogP contribution >= 0.6 is 0 Å². The van der Waals surface area contributed by atoms with Gasteiger partial charge in [0.2, 0.25) is 5.91 Å². The molecule has 1 heterocycles. The van der Waals surface area contributed by atoms with Crippen molar-refractivity contribution in [2.24, 2.45) is 5.73 Å². The summed E-state index contributed by atoms with van der Waals surface area (Å²) in [5.41, 5.74) is 7.71. The lowest BCUT2D eigenvalue weighted by molar-refractivity contribution is -0.119. The van der Waals surface area contributed by atoms with Crippen LogP contribution in [0.15, 0.2) is 24.3 Å². The molecule has 0 aromatic heterocycles. The molecule has 1 aliphatic rings. The third-order valence-corrected chi connectivity index (χ3v) is 3.67. The number of carbonyl (C=O) groups is 1. The maximum atomic E-state index is 11.3. The smallest absolute Gasteiger partial charge is 0.234 e. The van der Waals surface area contributed by atoms with Crippen molar-refractivity contribution in [3.05, 3.63) is 35.4 Å². The van der Waals surface area contributed by atoms with Crippen molar-refractivity contribution < 1.29 is 9.53 Å².